The third kappa shape index (κ3) is 3.89. The standard InChI is InChI=1S/C16H15NO4/c1-2-3-12-4-6-13(7-5-12)16(18)21-15-10-8-14(9-11-15)17(19)20/h4-11H,2-3H2,1H3. The minimum Gasteiger partial charge on any atom is -0.423 e. The van der Waals surface area contributed by atoms with Crippen molar-refractivity contribution >= 4 is 11.7 Å². The highest BCUT2D eigenvalue weighted by Gasteiger charge is 2.10. The van der Waals surface area contributed by atoms with E-state index in [1.54, 1.807) is 12.1 Å². The highest BCUT2D eigenvalue weighted by Crippen LogP contribution is 2.18. The van der Waals surface area contributed by atoms with Crippen LogP contribution in [0.4, 0.5) is 5.69 Å². The predicted molar refractivity (Wildman–Crippen MR) is 78.5 cm³/mol. The molecule has 2 aromatic rings. The number of nitro groups is 1. The van der Waals surface area contributed by atoms with E-state index >= 15 is 0 Å². The number of non-ortho nitro benzene ring substituents is 1. The van der Waals surface area contributed by atoms with E-state index in [0.717, 1.165) is 12.8 Å². The van der Waals surface area contributed by atoms with E-state index in [0.29, 0.717) is 5.56 Å². The van der Waals surface area contributed by atoms with Gasteiger partial charge in [0, 0.05) is 12.1 Å². The number of hydrogen-bond acceptors (Lipinski definition) is 4. The first-order valence-corrected chi connectivity index (χ1v) is 6.65. The molecule has 0 bridgehead atoms. The summed E-state index contributed by atoms with van der Waals surface area (Å²) in [4.78, 5) is 22.0. The molecule has 0 N–H and O–H groups in total. The minimum atomic E-state index is -0.502. The van der Waals surface area contributed by atoms with Gasteiger partial charge in [-0.3, -0.25) is 10.1 Å². The number of rotatable bonds is 5. The Kier molecular flexibility index (Phi) is 4.66. The summed E-state index contributed by atoms with van der Waals surface area (Å²) in [5, 5.41) is 10.5. The third-order valence-electron chi connectivity index (χ3n) is 2.99. The van der Waals surface area contributed by atoms with Crippen LogP contribution in [0.3, 0.4) is 0 Å². The van der Waals surface area contributed by atoms with Gasteiger partial charge in [0.1, 0.15) is 5.75 Å². The molecule has 0 amide bonds. The fourth-order valence-electron chi connectivity index (χ4n) is 1.90. The van der Waals surface area contributed by atoms with E-state index in [2.05, 4.69) is 6.92 Å². The van der Waals surface area contributed by atoms with Gasteiger partial charge in [-0.2, -0.15) is 0 Å². The Labute approximate surface area is 122 Å². The van der Waals surface area contributed by atoms with Crippen molar-refractivity contribution in [2.24, 2.45) is 0 Å². The lowest BCUT2D eigenvalue weighted by Crippen LogP contribution is -2.08. The van der Waals surface area contributed by atoms with Crippen molar-refractivity contribution in [2.45, 2.75) is 19.8 Å². The number of carbonyl (C=O) groups excluding carboxylic acids is 1. The highest BCUT2D eigenvalue weighted by molar-refractivity contribution is 5.91. The Balaban J connectivity index is 2.05. The fraction of sp³-hybridized carbons (Fsp3) is 0.188. The summed E-state index contributed by atoms with van der Waals surface area (Å²) in [7, 11) is 0. The summed E-state index contributed by atoms with van der Waals surface area (Å²) in [5.41, 5.74) is 1.58. The molecule has 5 nitrogen and oxygen atoms in total. The lowest BCUT2D eigenvalue weighted by molar-refractivity contribution is -0.384. The second kappa shape index (κ2) is 6.65. The first kappa shape index (κ1) is 14.7. The quantitative estimate of drug-likeness (QED) is 0.363. The maximum Gasteiger partial charge on any atom is 0.343 e. The lowest BCUT2D eigenvalue weighted by atomic mass is 10.1. The van der Waals surface area contributed by atoms with Crippen LogP contribution in [0.15, 0.2) is 48.5 Å². The number of nitrogens with zero attached hydrogens (tertiary/aromatic N) is 1. The minimum absolute atomic E-state index is 0.0429. The number of ether oxygens (including phenoxy) is 1. The molecule has 0 saturated heterocycles. The molecule has 0 heterocycles. The molecule has 108 valence electrons. The molecule has 2 rings (SSSR count). The van der Waals surface area contributed by atoms with Crippen molar-refractivity contribution in [3.63, 3.8) is 0 Å². The van der Waals surface area contributed by atoms with Crippen LogP contribution in [0.25, 0.3) is 0 Å². The zero-order valence-corrected chi connectivity index (χ0v) is 11.6. The molecule has 5 heteroatoms. The van der Waals surface area contributed by atoms with Crippen molar-refractivity contribution in [1.82, 2.24) is 0 Å². The zero-order chi connectivity index (χ0) is 15.2. The van der Waals surface area contributed by atoms with Crippen molar-refractivity contribution in [3.05, 3.63) is 69.8 Å². The summed E-state index contributed by atoms with van der Waals surface area (Å²) in [5.74, 6) is -0.199. The molecule has 0 radical (unpaired) electrons. The largest absolute Gasteiger partial charge is 0.423 e. The zero-order valence-electron chi connectivity index (χ0n) is 11.6. The van der Waals surface area contributed by atoms with Crippen LogP contribution < -0.4 is 4.74 Å². The first-order valence-electron chi connectivity index (χ1n) is 6.65. The fourth-order valence-corrected chi connectivity index (χ4v) is 1.90. The summed E-state index contributed by atoms with van der Waals surface area (Å²) >= 11 is 0. The van der Waals surface area contributed by atoms with E-state index < -0.39 is 10.9 Å². The number of benzene rings is 2. The molecule has 0 aliphatic rings. The maximum absolute atomic E-state index is 11.9. The van der Waals surface area contributed by atoms with Gasteiger partial charge in [-0.1, -0.05) is 25.5 Å². The molecule has 21 heavy (non-hydrogen) atoms. The molecular weight excluding hydrogens is 270 g/mol. The third-order valence-corrected chi connectivity index (χ3v) is 2.99. The first-order chi connectivity index (χ1) is 10.1. The van der Waals surface area contributed by atoms with Gasteiger partial charge in [-0.25, -0.2) is 4.79 Å². The number of nitro benzene ring substituents is 1. The van der Waals surface area contributed by atoms with Crippen LogP contribution in [0, 0.1) is 10.1 Å². The number of carbonyl (C=O) groups is 1. The second-order valence-electron chi connectivity index (χ2n) is 4.59. The van der Waals surface area contributed by atoms with E-state index in [1.165, 1.54) is 29.8 Å². The molecular formula is C16H15NO4. The second-order valence-corrected chi connectivity index (χ2v) is 4.59. The summed E-state index contributed by atoms with van der Waals surface area (Å²) in [6, 6.07) is 12.6. The van der Waals surface area contributed by atoms with E-state index in [-0.39, 0.29) is 11.4 Å². The van der Waals surface area contributed by atoms with Gasteiger partial charge >= 0.3 is 5.97 Å². The molecule has 0 saturated carbocycles. The van der Waals surface area contributed by atoms with Crippen LogP contribution in [0.2, 0.25) is 0 Å². The Morgan fingerprint density at radius 1 is 1.10 bits per heavy atom. The SMILES string of the molecule is CCCc1ccc(C(=O)Oc2ccc([N+](=O)[O-])cc2)cc1. The normalized spacial score (nSPS) is 10.1. The van der Waals surface area contributed by atoms with Crippen LogP contribution in [-0.4, -0.2) is 10.9 Å². The van der Waals surface area contributed by atoms with Gasteiger partial charge in [0.25, 0.3) is 5.69 Å². The molecule has 0 aromatic heterocycles. The Hall–Kier alpha value is -2.69. The molecule has 0 fully saturated rings. The predicted octanol–water partition coefficient (Wildman–Crippen LogP) is 3.77. The smallest absolute Gasteiger partial charge is 0.343 e. The lowest BCUT2D eigenvalue weighted by Gasteiger charge is -2.05. The van der Waals surface area contributed by atoms with Crippen LogP contribution in [0.5, 0.6) is 5.75 Å². The van der Waals surface area contributed by atoms with Gasteiger partial charge < -0.3 is 4.74 Å². The summed E-state index contributed by atoms with van der Waals surface area (Å²) in [6.45, 7) is 2.09. The van der Waals surface area contributed by atoms with Gasteiger partial charge in [0.2, 0.25) is 0 Å². The topological polar surface area (TPSA) is 69.4 Å². The van der Waals surface area contributed by atoms with Crippen molar-refractivity contribution in [2.75, 3.05) is 0 Å². The average molecular weight is 285 g/mol. The molecule has 0 aliphatic heterocycles. The molecule has 0 unspecified atom stereocenters. The van der Waals surface area contributed by atoms with Gasteiger partial charge in [-0.15, -0.1) is 0 Å². The monoisotopic (exact) mass is 285 g/mol. The van der Waals surface area contributed by atoms with Crippen LogP contribution >= 0.6 is 0 Å². The maximum atomic E-state index is 11.9. The number of esters is 1. The average Bonchev–Trinajstić information content (AvgIpc) is 2.49. The molecule has 0 spiro atoms. The van der Waals surface area contributed by atoms with Crippen LogP contribution in [0.1, 0.15) is 29.3 Å². The summed E-state index contributed by atoms with van der Waals surface area (Å²) < 4.78 is 5.17. The van der Waals surface area contributed by atoms with Crippen molar-refractivity contribution in [1.29, 1.82) is 0 Å². The molecule has 0 aliphatic carbocycles. The van der Waals surface area contributed by atoms with E-state index in [1.807, 2.05) is 12.1 Å². The summed E-state index contributed by atoms with van der Waals surface area (Å²) in [6.07, 6.45) is 2.02. The highest BCUT2D eigenvalue weighted by atomic mass is 16.6. The van der Waals surface area contributed by atoms with Crippen molar-refractivity contribution < 1.29 is 14.5 Å². The van der Waals surface area contributed by atoms with Crippen LogP contribution in [-0.2, 0) is 6.42 Å². The Bertz CT molecular complexity index is 632. The molecule has 0 atom stereocenters. The Morgan fingerprint density at radius 3 is 2.24 bits per heavy atom. The number of aryl methyl sites for hydroxylation is 1. The van der Waals surface area contributed by atoms with E-state index in [4.69, 9.17) is 4.74 Å². The Morgan fingerprint density at radius 2 is 1.71 bits per heavy atom. The van der Waals surface area contributed by atoms with Crippen molar-refractivity contribution in [3.8, 4) is 5.75 Å². The van der Waals surface area contributed by atoms with Gasteiger partial charge in [-0.05, 0) is 36.2 Å². The van der Waals surface area contributed by atoms with Gasteiger partial charge in [0.05, 0.1) is 10.5 Å². The molecule has 2 aromatic carbocycles. The van der Waals surface area contributed by atoms with E-state index in [9.17, 15) is 14.9 Å². The number of hydrogen-bond donors (Lipinski definition) is 0. The van der Waals surface area contributed by atoms with Gasteiger partial charge in [0.15, 0.2) is 0 Å².